The summed E-state index contributed by atoms with van der Waals surface area (Å²) in [4.78, 5) is 11.0. The Hall–Kier alpha value is -1.42. The van der Waals surface area contributed by atoms with E-state index in [0.29, 0.717) is 10.2 Å². The maximum Gasteiger partial charge on any atom is 0.155 e. The van der Waals surface area contributed by atoms with Gasteiger partial charge in [-0.25, -0.2) is 0 Å². The smallest absolute Gasteiger partial charge is 0.155 e. The van der Waals surface area contributed by atoms with E-state index in [1.165, 1.54) is 0 Å². The van der Waals surface area contributed by atoms with E-state index < -0.39 is 0 Å². The van der Waals surface area contributed by atoms with Gasteiger partial charge in [0.1, 0.15) is 4.60 Å². The highest BCUT2D eigenvalue weighted by molar-refractivity contribution is 9.10. The standard InChI is InChI=1S/C12H11BrN2O/c1-8-4-3-5-9(6-8)11-10(7-16)12(13)14-15(11)2/h3-7H,1-2H3. The molecule has 0 unspecified atom stereocenters. The molecule has 0 bridgehead atoms. The van der Waals surface area contributed by atoms with Crippen molar-refractivity contribution in [2.75, 3.05) is 0 Å². The van der Waals surface area contributed by atoms with Gasteiger partial charge in [0.2, 0.25) is 0 Å². The van der Waals surface area contributed by atoms with Crippen molar-refractivity contribution in [2.45, 2.75) is 6.92 Å². The third-order valence-corrected chi connectivity index (χ3v) is 3.03. The summed E-state index contributed by atoms with van der Waals surface area (Å²) < 4.78 is 2.30. The summed E-state index contributed by atoms with van der Waals surface area (Å²) in [5, 5.41) is 4.19. The van der Waals surface area contributed by atoms with Gasteiger partial charge in [0, 0.05) is 12.6 Å². The fourth-order valence-electron chi connectivity index (χ4n) is 1.75. The van der Waals surface area contributed by atoms with Gasteiger partial charge in [-0.1, -0.05) is 23.8 Å². The quantitative estimate of drug-likeness (QED) is 0.792. The molecule has 2 rings (SSSR count). The average Bonchev–Trinajstić information content (AvgIpc) is 2.52. The summed E-state index contributed by atoms with van der Waals surface area (Å²) in [6, 6.07) is 8.01. The molecular formula is C12H11BrN2O. The molecular weight excluding hydrogens is 268 g/mol. The van der Waals surface area contributed by atoms with E-state index in [0.717, 1.165) is 23.1 Å². The molecule has 0 radical (unpaired) electrons. The molecule has 0 atom stereocenters. The number of nitrogens with zero attached hydrogens (tertiary/aromatic N) is 2. The van der Waals surface area contributed by atoms with Gasteiger partial charge in [-0.15, -0.1) is 0 Å². The number of aryl methyl sites for hydroxylation is 2. The maximum atomic E-state index is 11.0. The summed E-state index contributed by atoms with van der Waals surface area (Å²) in [7, 11) is 1.83. The number of aldehydes is 1. The van der Waals surface area contributed by atoms with Crippen LogP contribution in [0, 0.1) is 6.92 Å². The predicted molar refractivity (Wildman–Crippen MR) is 66.5 cm³/mol. The molecule has 0 aliphatic rings. The molecule has 3 nitrogen and oxygen atoms in total. The van der Waals surface area contributed by atoms with Crippen molar-refractivity contribution in [3.05, 3.63) is 40.0 Å². The number of benzene rings is 1. The number of carbonyl (C=O) groups is 1. The molecule has 82 valence electrons. The van der Waals surface area contributed by atoms with Crippen LogP contribution < -0.4 is 0 Å². The number of halogens is 1. The van der Waals surface area contributed by atoms with Crippen LogP contribution in [0.3, 0.4) is 0 Å². The Morgan fingerprint density at radius 1 is 1.44 bits per heavy atom. The zero-order chi connectivity index (χ0) is 11.7. The van der Waals surface area contributed by atoms with Gasteiger partial charge in [0.25, 0.3) is 0 Å². The van der Waals surface area contributed by atoms with E-state index in [1.54, 1.807) is 4.68 Å². The molecule has 16 heavy (non-hydrogen) atoms. The van der Waals surface area contributed by atoms with E-state index in [2.05, 4.69) is 21.0 Å². The van der Waals surface area contributed by atoms with Crippen molar-refractivity contribution in [3.63, 3.8) is 0 Å². The van der Waals surface area contributed by atoms with Gasteiger partial charge >= 0.3 is 0 Å². The van der Waals surface area contributed by atoms with Gasteiger partial charge in [-0.3, -0.25) is 9.48 Å². The first-order chi connectivity index (χ1) is 7.63. The second kappa shape index (κ2) is 4.22. The van der Waals surface area contributed by atoms with Gasteiger partial charge < -0.3 is 0 Å². The molecule has 0 saturated heterocycles. The van der Waals surface area contributed by atoms with Crippen molar-refractivity contribution in [3.8, 4) is 11.3 Å². The predicted octanol–water partition coefficient (Wildman–Crippen LogP) is 2.97. The lowest BCUT2D eigenvalue weighted by Gasteiger charge is -2.04. The summed E-state index contributed by atoms with van der Waals surface area (Å²) in [6.07, 6.45) is 0.828. The van der Waals surface area contributed by atoms with E-state index in [4.69, 9.17) is 0 Å². The van der Waals surface area contributed by atoms with Gasteiger partial charge in [-0.2, -0.15) is 5.10 Å². The van der Waals surface area contributed by atoms with Crippen molar-refractivity contribution in [1.82, 2.24) is 9.78 Å². The van der Waals surface area contributed by atoms with Crippen LogP contribution in [0.5, 0.6) is 0 Å². The zero-order valence-corrected chi connectivity index (χ0v) is 10.7. The average molecular weight is 279 g/mol. The molecule has 1 heterocycles. The Bertz CT molecular complexity index is 546. The minimum Gasteiger partial charge on any atom is -0.298 e. The number of aromatic nitrogens is 2. The van der Waals surface area contributed by atoms with Crippen molar-refractivity contribution >= 4 is 22.2 Å². The van der Waals surface area contributed by atoms with Crippen LogP contribution in [0.2, 0.25) is 0 Å². The maximum absolute atomic E-state index is 11.0. The second-order valence-corrected chi connectivity index (χ2v) is 4.42. The highest BCUT2D eigenvalue weighted by Crippen LogP contribution is 2.27. The molecule has 2 aromatic rings. The van der Waals surface area contributed by atoms with Crippen molar-refractivity contribution < 1.29 is 4.79 Å². The van der Waals surface area contributed by atoms with Crippen LogP contribution in [0.1, 0.15) is 15.9 Å². The molecule has 4 heteroatoms. The van der Waals surface area contributed by atoms with Gasteiger partial charge in [-0.05, 0) is 28.9 Å². The molecule has 0 saturated carbocycles. The summed E-state index contributed by atoms with van der Waals surface area (Å²) in [5.41, 5.74) is 3.59. The van der Waals surface area contributed by atoms with Crippen LogP contribution in [0.4, 0.5) is 0 Å². The Morgan fingerprint density at radius 2 is 2.19 bits per heavy atom. The van der Waals surface area contributed by atoms with Crippen LogP contribution in [0.15, 0.2) is 28.9 Å². The number of carbonyl (C=O) groups excluding carboxylic acids is 1. The first-order valence-electron chi connectivity index (χ1n) is 4.88. The van der Waals surface area contributed by atoms with E-state index in [-0.39, 0.29) is 0 Å². The summed E-state index contributed by atoms with van der Waals surface area (Å²) >= 11 is 3.28. The molecule has 1 aromatic heterocycles. The first-order valence-corrected chi connectivity index (χ1v) is 5.67. The van der Waals surface area contributed by atoms with Crippen molar-refractivity contribution in [1.29, 1.82) is 0 Å². The lowest BCUT2D eigenvalue weighted by Crippen LogP contribution is -1.95. The van der Waals surface area contributed by atoms with Gasteiger partial charge in [0.05, 0.1) is 11.3 Å². The molecule has 0 N–H and O–H groups in total. The number of rotatable bonds is 2. The lowest BCUT2D eigenvalue weighted by molar-refractivity contribution is 0.112. The monoisotopic (exact) mass is 278 g/mol. The minimum atomic E-state index is 0.585. The largest absolute Gasteiger partial charge is 0.298 e. The van der Waals surface area contributed by atoms with E-state index in [9.17, 15) is 4.79 Å². The topological polar surface area (TPSA) is 34.9 Å². The van der Waals surface area contributed by atoms with Crippen LogP contribution in [-0.4, -0.2) is 16.1 Å². The molecule has 0 aliphatic heterocycles. The molecule has 0 amide bonds. The van der Waals surface area contributed by atoms with Gasteiger partial charge in [0.15, 0.2) is 6.29 Å². The second-order valence-electron chi connectivity index (χ2n) is 3.66. The highest BCUT2D eigenvalue weighted by Gasteiger charge is 2.15. The molecule has 1 aromatic carbocycles. The minimum absolute atomic E-state index is 0.585. The fraction of sp³-hybridized carbons (Fsp3) is 0.167. The SMILES string of the molecule is Cc1cccc(-c2c(C=O)c(Br)nn2C)c1. The molecule has 0 fully saturated rings. The first kappa shape index (κ1) is 11.1. The summed E-state index contributed by atoms with van der Waals surface area (Å²) in [6.45, 7) is 2.02. The Morgan fingerprint density at radius 3 is 2.81 bits per heavy atom. The zero-order valence-electron chi connectivity index (χ0n) is 9.07. The highest BCUT2D eigenvalue weighted by atomic mass is 79.9. The van der Waals surface area contributed by atoms with E-state index in [1.807, 2.05) is 38.2 Å². The Kier molecular flexibility index (Phi) is 2.92. The fourth-order valence-corrected chi connectivity index (χ4v) is 2.27. The molecule has 0 aliphatic carbocycles. The van der Waals surface area contributed by atoms with Crippen LogP contribution >= 0.6 is 15.9 Å². The van der Waals surface area contributed by atoms with E-state index >= 15 is 0 Å². The molecule has 0 spiro atoms. The van der Waals surface area contributed by atoms with Crippen LogP contribution in [0.25, 0.3) is 11.3 Å². The Labute approximate surface area is 102 Å². The normalized spacial score (nSPS) is 10.4. The number of hydrogen-bond acceptors (Lipinski definition) is 2. The summed E-state index contributed by atoms with van der Waals surface area (Å²) in [5.74, 6) is 0. The van der Waals surface area contributed by atoms with Crippen LogP contribution in [-0.2, 0) is 7.05 Å². The van der Waals surface area contributed by atoms with Crippen molar-refractivity contribution in [2.24, 2.45) is 7.05 Å². The Balaban J connectivity index is 2.68. The third kappa shape index (κ3) is 1.80. The lowest BCUT2D eigenvalue weighted by atomic mass is 10.1. The number of hydrogen-bond donors (Lipinski definition) is 0. The third-order valence-electron chi connectivity index (χ3n) is 2.45.